The Morgan fingerprint density at radius 3 is 3.10 bits per heavy atom. The molecule has 1 fully saturated rings. The molecule has 2 atom stereocenters. The summed E-state index contributed by atoms with van der Waals surface area (Å²) >= 11 is 1.61. The lowest BCUT2D eigenvalue weighted by atomic mass is 9.89. The molecule has 114 valence electrons. The van der Waals surface area contributed by atoms with Crippen LogP contribution in [0.1, 0.15) is 32.1 Å². The molecule has 1 saturated heterocycles. The fourth-order valence-electron chi connectivity index (χ4n) is 3.00. The van der Waals surface area contributed by atoms with Gasteiger partial charge in [-0.25, -0.2) is 0 Å². The first-order valence-electron chi connectivity index (χ1n) is 7.60. The Labute approximate surface area is 129 Å². The SMILES string of the molecule is CCC1CCN(Cc2nnc(-c3cccs3)o2)C(CN)C1. The van der Waals surface area contributed by atoms with Gasteiger partial charge in [-0.15, -0.1) is 21.5 Å². The van der Waals surface area contributed by atoms with Gasteiger partial charge in [0, 0.05) is 12.6 Å². The van der Waals surface area contributed by atoms with Gasteiger partial charge in [0.05, 0.1) is 11.4 Å². The van der Waals surface area contributed by atoms with Crippen molar-refractivity contribution in [3.63, 3.8) is 0 Å². The highest BCUT2D eigenvalue weighted by molar-refractivity contribution is 7.13. The fraction of sp³-hybridized carbons (Fsp3) is 0.600. The number of likely N-dealkylation sites (tertiary alicyclic amines) is 1. The fourth-order valence-corrected chi connectivity index (χ4v) is 3.64. The Kier molecular flexibility index (Phi) is 4.67. The van der Waals surface area contributed by atoms with Gasteiger partial charge in [0.15, 0.2) is 0 Å². The van der Waals surface area contributed by atoms with Crippen LogP contribution in [0.25, 0.3) is 10.8 Å². The largest absolute Gasteiger partial charge is 0.419 e. The molecule has 0 amide bonds. The molecule has 2 N–H and O–H groups in total. The molecule has 2 aromatic rings. The molecular formula is C15H22N4OS. The lowest BCUT2D eigenvalue weighted by Gasteiger charge is -2.37. The molecule has 3 rings (SSSR count). The number of hydrogen-bond acceptors (Lipinski definition) is 6. The van der Waals surface area contributed by atoms with E-state index in [1.54, 1.807) is 11.3 Å². The molecule has 1 aliphatic heterocycles. The van der Waals surface area contributed by atoms with Crippen molar-refractivity contribution < 1.29 is 4.42 Å². The van der Waals surface area contributed by atoms with E-state index in [2.05, 4.69) is 22.0 Å². The van der Waals surface area contributed by atoms with Crippen LogP contribution in [0.15, 0.2) is 21.9 Å². The number of nitrogens with zero attached hydrogens (tertiary/aromatic N) is 3. The Bertz CT molecular complexity index is 554. The summed E-state index contributed by atoms with van der Waals surface area (Å²) in [6, 6.07) is 4.42. The van der Waals surface area contributed by atoms with Crippen molar-refractivity contribution in [1.82, 2.24) is 15.1 Å². The zero-order valence-corrected chi connectivity index (χ0v) is 13.2. The van der Waals surface area contributed by atoms with Crippen LogP contribution in [0.2, 0.25) is 0 Å². The average molecular weight is 306 g/mol. The molecular weight excluding hydrogens is 284 g/mol. The minimum Gasteiger partial charge on any atom is -0.419 e. The lowest BCUT2D eigenvalue weighted by molar-refractivity contribution is 0.0982. The van der Waals surface area contributed by atoms with Crippen molar-refractivity contribution in [2.75, 3.05) is 13.1 Å². The molecule has 21 heavy (non-hydrogen) atoms. The normalized spacial score (nSPS) is 23.5. The van der Waals surface area contributed by atoms with Crippen LogP contribution < -0.4 is 5.73 Å². The first kappa shape index (κ1) is 14.7. The predicted molar refractivity (Wildman–Crippen MR) is 83.9 cm³/mol. The third-order valence-electron chi connectivity index (χ3n) is 4.33. The zero-order valence-electron chi connectivity index (χ0n) is 12.4. The first-order chi connectivity index (χ1) is 10.3. The smallest absolute Gasteiger partial charge is 0.257 e. The highest BCUT2D eigenvalue weighted by Gasteiger charge is 2.27. The lowest BCUT2D eigenvalue weighted by Crippen LogP contribution is -2.46. The summed E-state index contributed by atoms with van der Waals surface area (Å²) in [5, 5.41) is 10.3. The molecule has 6 heteroatoms. The van der Waals surface area contributed by atoms with Gasteiger partial charge < -0.3 is 10.2 Å². The Hall–Kier alpha value is -1.24. The number of rotatable bonds is 5. The summed E-state index contributed by atoms with van der Waals surface area (Å²) in [7, 11) is 0. The summed E-state index contributed by atoms with van der Waals surface area (Å²) in [6.07, 6.45) is 3.66. The van der Waals surface area contributed by atoms with E-state index in [1.807, 2.05) is 17.5 Å². The van der Waals surface area contributed by atoms with Crippen LogP contribution in [0.4, 0.5) is 0 Å². The summed E-state index contributed by atoms with van der Waals surface area (Å²) in [6.45, 7) is 4.73. The highest BCUT2D eigenvalue weighted by Crippen LogP contribution is 2.27. The van der Waals surface area contributed by atoms with Crippen LogP contribution in [0.3, 0.4) is 0 Å². The van der Waals surface area contributed by atoms with Gasteiger partial charge >= 0.3 is 0 Å². The summed E-state index contributed by atoms with van der Waals surface area (Å²) in [4.78, 5) is 3.41. The maximum atomic E-state index is 5.94. The minimum absolute atomic E-state index is 0.431. The second-order valence-electron chi connectivity index (χ2n) is 5.64. The molecule has 0 spiro atoms. The third-order valence-corrected chi connectivity index (χ3v) is 5.19. The molecule has 1 aliphatic rings. The minimum atomic E-state index is 0.431. The van der Waals surface area contributed by atoms with Gasteiger partial charge in [-0.3, -0.25) is 4.90 Å². The molecule has 0 aliphatic carbocycles. The number of nitrogens with two attached hydrogens (primary N) is 1. The van der Waals surface area contributed by atoms with Gasteiger partial charge in [0.1, 0.15) is 0 Å². The molecule has 0 saturated carbocycles. The standard InChI is InChI=1S/C15H22N4OS/c1-2-11-5-6-19(12(8-11)9-16)10-14-17-18-15(20-14)13-4-3-7-21-13/h3-4,7,11-12H,2,5-6,8-10,16H2,1H3. The monoisotopic (exact) mass is 306 g/mol. The Balaban J connectivity index is 1.66. The van der Waals surface area contributed by atoms with E-state index in [1.165, 1.54) is 19.3 Å². The van der Waals surface area contributed by atoms with E-state index in [-0.39, 0.29) is 0 Å². The van der Waals surface area contributed by atoms with Crippen LogP contribution in [0.5, 0.6) is 0 Å². The quantitative estimate of drug-likeness (QED) is 0.920. The van der Waals surface area contributed by atoms with E-state index < -0.39 is 0 Å². The number of piperidine rings is 1. The average Bonchev–Trinajstić information content (AvgIpc) is 3.18. The van der Waals surface area contributed by atoms with Crippen molar-refractivity contribution in [2.24, 2.45) is 11.7 Å². The third kappa shape index (κ3) is 3.33. The van der Waals surface area contributed by atoms with Crippen molar-refractivity contribution in [1.29, 1.82) is 0 Å². The maximum absolute atomic E-state index is 5.94. The van der Waals surface area contributed by atoms with Crippen molar-refractivity contribution >= 4 is 11.3 Å². The molecule has 0 aromatic carbocycles. The van der Waals surface area contributed by atoms with Crippen LogP contribution in [-0.4, -0.2) is 34.2 Å². The molecule has 0 radical (unpaired) electrons. The second kappa shape index (κ2) is 6.68. The van der Waals surface area contributed by atoms with E-state index in [4.69, 9.17) is 10.2 Å². The number of hydrogen-bond donors (Lipinski definition) is 1. The van der Waals surface area contributed by atoms with Crippen LogP contribution in [0, 0.1) is 5.92 Å². The van der Waals surface area contributed by atoms with Gasteiger partial charge in [-0.2, -0.15) is 0 Å². The Morgan fingerprint density at radius 2 is 2.38 bits per heavy atom. The van der Waals surface area contributed by atoms with Crippen molar-refractivity contribution in [3.8, 4) is 10.8 Å². The summed E-state index contributed by atoms with van der Waals surface area (Å²) in [5.74, 6) is 2.11. The Morgan fingerprint density at radius 1 is 1.48 bits per heavy atom. The summed E-state index contributed by atoms with van der Waals surface area (Å²) in [5.41, 5.74) is 5.94. The van der Waals surface area contributed by atoms with Gasteiger partial charge in [0.2, 0.25) is 5.89 Å². The van der Waals surface area contributed by atoms with Crippen LogP contribution >= 0.6 is 11.3 Å². The van der Waals surface area contributed by atoms with E-state index in [9.17, 15) is 0 Å². The second-order valence-corrected chi connectivity index (χ2v) is 6.58. The van der Waals surface area contributed by atoms with Crippen molar-refractivity contribution in [2.45, 2.75) is 38.8 Å². The molecule has 5 nitrogen and oxygen atoms in total. The number of aromatic nitrogens is 2. The molecule has 3 heterocycles. The van der Waals surface area contributed by atoms with E-state index >= 15 is 0 Å². The van der Waals surface area contributed by atoms with Crippen molar-refractivity contribution in [3.05, 3.63) is 23.4 Å². The zero-order chi connectivity index (χ0) is 14.7. The van der Waals surface area contributed by atoms with E-state index in [0.29, 0.717) is 30.9 Å². The molecule has 2 aromatic heterocycles. The number of thiophene rings is 1. The van der Waals surface area contributed by atoms with Gasteiger partial charge in [0.25, 0.3) is 5.89 Å². The highest BCUT2D eigenvalue weighted by atomic mass is 32.1. The molecule has 0 bridgehead atoms. The first-order valence-corrected chi connectivity index (χ1v) is 8.48. The molecule has 2 unspecified atom stereocenters. The van der Waals surface area contributed by atoms with Crippen LogP contribution in [-0.2, 0) is 6.54 Å². The van der Waals surface area contributed by atoms with Gasteiger partial charge in [-0.05, 0) is 36.8 Å². The van der Waals surface area contributed by atoms with E-state index in [0.717, 1.165) is 17.3 Å². The summed E-state index contributed by atoms with van der Waals surface area (Å²) < 4.78 is 5.78. The van der Waals surface area contributed by atoms with Gasteiger partial charge in [-0.1, -0.05) is 19.4 Å². The topological polar surface area (TPSA) is 68.2 Å². The predicted octanol–water partition coefficient (Wildman–Crippen LogP) is 2.75. The maximum Gasteiger partial charge on any atom is 0.257 e.